The minimum atomic E-state index is 0.884. The van der Waals surface area contributed by atoms with Crippen LogP contribution in [-0.4, -0.2) is 25.1 Å². The van der Waals surface area contributed by atoms with Gasteiger partial charge >= 0.3 is 0 Å². The molecule has 0 heterocycles. The first-order chi connectivity index (χ1) is 7.77. The quantitative estimate of drug-likeness (QED) is 0.514. The van der Waals surface area contributed by atoms with E-state index in [4.69, 9.17) is 0 Å². The van der Waals surface area contributed by atoms with Crippen LogP contribution < -0.4 is 5.32 Å². The molecule has 0 spiro atoms. The van der Waals surface area contributed by atoms with Gasteiger partial charge in [0.2, 0.25) is 0 Å². The van der Waals surface area contributed by atoms with Crippen molar-refractivity contribution >= 4 is 11.8 Å². The first-order valence-corrected chi connectivity index (χ1v) is 8.36. The van der Waals surface area contributed by atoms with Crippen molar-refractivity contribution in [1.29, 1.82) is 0 Å². The summed E-state index contributed by atoms with van der Waals surface area (Å²) in [7, 11) is 0. The maximum atomic E-state index is 3.53. The Morgan fingerprint density at radius 3 is 2.12 bits per heavy atom. The monoisotopic (exact) mass is 245 g/mol. The summed E-state index contributed by atoms with van der Waals surface area (Å²) in [6.45, 7) is 7.07. The third-order valence-corrected chi connectivity index (χ3v) is 3.53. The molecule has 0 bridgehead atoms. The van der Waals surface area contributed by atoms with Crippen LogP contribution in [0.3, 0.4) is 0 Å². The third kappa shape index (κ3) is 14.3. The summed E-state index contributed by atoms with van der Waals surface area (Å²) in [4.78, 5) is 0. The number of unbranched alkanes of at least 4 members (excludes halogenated alkanes) is 4. The molecule has 0 aromatic heterocycles. The van der Waals surface area contributed by atoms with Crippen molar-refractivity contribution in [2.75, 3.05) is 25.1 Å². The molecule has 0 unspecified atom stereocenters. The summed E-state index contributed by atoms with van der Waals surface area (Å²) in [6.07, 6.45) is 11.9. The molecule has 0 aliphatic rings. The second-order valence-electron chi connectivity index (χ2n) is 5.05. The van der Waals surface area contributed by atoms with Gasteiger partial charge in [0.15, 0.2) is 0 Å². The number of rotatable bonds is 12. The Labute approximate surface area is 107 Å². The van der Waals surface area contributed by atoms with Crippen molar-refractivity contribution in [3.8, 4) is 0 Å². The predicted octanol–water partition coefficient (Wildman–Crippen LogP) is 4.33. The van der Waals surface area contributed by atoms with Gasteiger partial charge in [-0.2, -0.15) is 11.8 Å². The molecule has 0 radical (unpaired) electrons. The first kappa shape index (κ1) is 16.3. The number of nitrogens with one attached hydrogen (secondary N) is 1. The molecule has 0 atom stereocenters. The van der Waals surface area contributed by atoms with Crippen LogP contribution in [0.2, 0.25) is 0 Å². The zero-order chi connectivity index (χ0) is 12.1. The van der Waals surface area contributed by atoms with Crippen molar-refractivity contribution in [1.82, 2.24) is 5.32 Å². The molecule has 16 heavy (non-hydrogen) atoms. The van der Waals surface area contributed by atoms with Gasteiger partial charge < -0.3 is 5.32 Å². The summed E-state index contributed by atoms with van der Waals surface area (Å²) < 4.78 is 0. The summed E-state index contributed by atoms with van der Waals surface area (Å²) in [6, 6.07) is 0. The number of hydrogen-bond acceptors (Lipinski definition) is 2. The Hall–Kier alpha value is 0.310. The van der Waals surface area contributed by atoms with Gasteiger partial charge in [0.25, 0.3) is 0 Å². The fourth-order valence-corrected chi connectivity index (χ4v) is 2.27. The average molecular weight is 245 g/mol. The molecule has 2 heteroatoms. The minimum absolute atomic E-state index is 0.884. The van der Waals surface area contributed by atoms with Crippen LogP contribution in [0, 0.1) is 5.92 Å². The van der Waals surface area contributed by atoms with E-state index in [9.17, 15) is 0 Å². The van der Waals surface area contributed by atoms with Crippen LogP contribution in [0.25, 0.3) is 0 Å². The van der Waals surface area contributed by atoms with Gasteiger partial charge in [-0.25, -0.2) is 0 Å². The Bertz CT molecular complexity index is 126. The van der Waals surface area contributed by atoms with Gasteiger partial charge in [0, 0.05) is 0 Å². The van der Waals surface area contributed by atoms with Crippen molar-refractivity contribution in [2.24, 2.45) is 5.92 Å². The second-order valence-corrected chi connectivity index (χ2v) is 6.03. The molecule has 0 saturated heterocycles. The SMILES string of the molecule is CSCCCCNCCCCCCC(C)C. The number of thioether (sulfide) groups is 1. The van der Waals surface area contributed by atoms with Crippen LogP contribution in [0.1, 0.15) is 58.8 Å². The van der Waals surface area contributed by atoms with E-state index in [1.807, 2.05) is 11.8 Å². The molecule has 0 aliphatic carbocycles. The highest BCUT2D eigenvalue weighted by Gasteiger charge is 1.94. The highest BCUT2D eigenvalue weighted by Crippen LogP contribution is 2.08. The van der Waals surface area contributed by atoms with E-state index >= 15 is 0 Å². The van der Waals surface area contributed by atoms with Gasteiger partial charge in [-0.1, -0.05) is 39.5 Å². The summed E-state index contributed by atoms with van der Waals surface area (Å²) in [5.41, 5.74) is 0. The minimum Gasteiger partial charge on any atom is -0.317 e. The lowest BCUT2D eigenvalue weighted by molar-refractivity contribution is 0.511. The van der Waals surface area contributed by atoms with Gasteiger partial charge in [0.05, 0.1) is 0 Å². The van der Waals surface area contributed by atoms with Crippen molar-refractivity contribution < 1.29 is 0 Å². The number of hydrogen-bond donors (Lipinski definition) is 1. The molecule has 0 aromatic carbocycles. The maximum Gasteiger partial charge on any atom is -0.00486 e. The molecule has 1 N–H and O–H groups in total. The molecular weight excluding hydrogens is 214 g/mol. The van der Waals surface area contributed by atoms with Gasteiger partial charge in [-0.3, -0.25) is 0 Å². The lowest BCUT2D eigenvalue weighted by Gasteiger charge is -2.05. The van der Waals surface area contributed by atoms with E-state index in [2.05, 4.69) is 25.4 Å². The van der Waals surface area contributed by atoms with E-state index < -0.39 is 0 Å². The standard InChI is InChI=1S/C14H31NS/c1-14(2)10-6-4-5-7-11-15-12-8-9-13-16-3/h14-15H,4-13H2,1-3H3. The van der Waals surface area contributed by atoms with Crippen molar-refractivity contribution in [3.05, 3.63) is 0 Å². The van der Waals surface area contributed by atoms with E-state index in [1.165, 1.54) is 63.8 Å². The van der Waals surface area contributed by atoms with Gasteiger partial charge in [0.1, 0.15) is 0 Å². The zero-order valence-electron chi connectivity index (χ0n) is 11.6. The topological polar surface area (TPSA) is 12.0 Å². The molecule has 0 aliphatic heterocycles. The first-order valence-electron chi connectivity index (χ1n) is 6.97. The highest BCUT2D eigenvalue weighted by molar-refractivity contribution is 7.98. The van der Waals surface area contributed by atoms with Crippen molar-refractivity contribution in [3.63, 3.8) is 0 Å². The third-order valence-electron chi connectivity index (χ3n) is 2.84. The lowest BCUT2D eigenvalue weighted by atomic mass is 10.0. The normalized spacial score (nSPS) is 11.2. The van der Waals surface area contributed by atoms with E-state index in [-0.39, 0.29) is 0 Å². The molecular formula is C14H31NS. The Morgan fingerprint density at radius 1 is 0.875 bits per heavy atom. The largest absolute Gasteiger partial charge is 0.317 e. The molecule has 0 aromatic rings. The molecule has 98 valence electrons. The van der Waals surface area contributed by atoms with E-state index in [0.29, 0.717) is 0 Å². The Morgan fingerprint density at radius 2 is 1.50 bits per heavy atom. The summed E-state index contributed by atoms with van der Waals surface area (Å²) in [5, 5.41) is 3.53. The fourth-order valence-electron chi connectivity index (χ4n) is 1.78. The zero-order valence-corrected chi connectivity index (χ0v) is 12.4. The van der Waals surface area contributed by atoms with Crippen LogP contribution >= 0.6 is 11.8 Å². The van der Waals surface area contributed by atoms with Crippen LogP contribution in [0.5, 0.6) is 0 Å². The van der Waals surface area contributed by atoms with Crippen LogP contribution in [-0.2, 0) is 0 Å². The Balaban J connectivity index is 2.88. The smallest absolute Gasteiger partial charge is 0.00486 e. The van der Waals surface area contributed by atoms with Crippen molar-refractivity contribution in [2.45, 2.75) is 58.8 Å². The second kappa shape index (κ2) is 13.4. The highest BCUT2D eigenvalue weighted by atomic mass is 32.2. The van der Waals surface area contributed by atoms with E-state index in [0.717, 1.165) is 5.92 Å². The van der Waals surface area contributed by atoms with Gasteiger partial charge in [-0.05, 0) is 50.3 Å². The summed E-state index contributed by atoms with van der Waals surface area (Å²) in [5.74, 6) is 2.20. The predicted molar refractivity (Wildman–Crippen MR) is 78.4 cm³/mol. The molecule has 0 amide bonds. The molecule has 1 nitrogen and oxygen atoms in total. The fraction of sp³-hybridized carbons (Fsp3) is 1.00. The van der Waals surface area contributed by atoms with Crippen LogP contribution in [0.4, 0.5) is 0 Å². The molecule has 0 saturated carbocycles. The maximum absolute atomic E-state index is 3.53. The lowest BCUT2D eigenvalue weighted by Crippen LogP contribution is -2.16. The molecule has 0 fully saturated rings. The average Bonchev–Trinajstić information content (AvgIpc) is 2.25. The molecule has 0 rings (SSSR count). The summed E-state index contributed by atoms with van der Waals surface area (Å²) >= 11 is 1.95. The van der Waals surface area contributed by atoms with E-state index in [1.54, 1.807) is 0 Å². The van der Waals surface area contributed by atoms with Gasteiger partial charge in [-0.15, -0.1) is 0 Å². The van der Waals surface area contributed by atoms with Crippen LogP contribution in [0.15, 0.2) is 0 Å². The Kier molecular flexibility index (Phi) is 13.6.